The molecule has 1 saturated heterocycles. The first kappa shape index (κ1) is 15.8. The van der Waals surface area contributed by atoms with Gasteiger partial charge in [-0.15, -0.1) is 0 Å². The minimum atomic E-state index is -0.465. The molecule has 4 nitrogen and oxygen atoms in total. The van der Waals surface area contributed by atoms with Crippen molar-refractivity contribution in [2.75, 3.05) is 45.3 Å². The SMILES string of the molecule is CCN(CC1CCOC1)C(=O)c1ccc(N(C)C)cc1F. The van der Waals surface area contributed by atoms with Gasteiger partial charge in [-0.25, -0.2) is 4.39 Å². The molecule has 1 aliphatic rings. The minimum absolute atomic E-state index is 0.140. The zero-order chi connectivity index (χ0) is 15.4. The summed E-state index contributed by atoms with van der Waals surface area (Å²) >= 11 is 0. The average Bonchev–Trinajstić information content (AvgIpc) is 2.96. The van der Waals surface area contributed by atoms with Crippen molar-refractivity contribution >= 4 is 11.6 Å². The fourth-order valence-electron chi connectivity index (χ4n) is 2.52. The number of amides is 1. The Kier molecular flexibility index (Phi) is 5.17. The van der Waals surface area contributed by atoms with Crippen molar-refractivity contribution < 1.29 is 13.9 Å². The summed E-state index contributed by atoms with van der Waals surface area (Å²) in [5, 5.41) is 0. The molecule has 1 atom stereocenters. The summed E-state index contributed by atoms with van der Waals surface area (Å²) in [5.74, 6) is -0.350. The molecule has 1 heterocycles. The number of hydrogen-bond donors (Lipinski definition) is 0. The van der Waals surface area contributed by atoms with Crippen LogP contribution in [0.3, 0.4) is 0 Å². The van der Waals surface area contributed by atoms with Gasteiger partial charge in [0.05, 0.1) is 12.2 Å². The maximum absolute atomic E-state index is 14.2. The Balaban J connectivity index is 2.13. The van der Waals surface area contributed by atoms with Gasteiger partial charge in [-0.2, -0.15) is 0 Å². The number of nitrogens with zero attached hydrogens (tertiary/aromatic N) is 2. The van der Waals surface area contributed by atoms with E-state index in [2.05, 4.69) is 0 Å². The summed E-state index contributed by atoms with van der Waals surface area (Å²) in [4.78, 5) is 16.0. The van der Waals surface area contributed by atoms with Gasteiger partial charge in [0.15, 0.2) is 0 Å². The van der Waals surface area contributed by atoms with Crippen molar-refractivity contribution in [2.45, 2.75) is 13.3 Å². The predicted octanol–water partition coefficient (Wildman–Crippen LogP) is 2.39. The van der Waals surface area contributed by atoms with Crippen LogP contribution in [-0.4, -0.2) is 51.2 Å². The molecule has 0 aromatic heterocycles. The maximum atomic E-state index is 14.2. The summed E-state index contributed by atoms with van der Waals surface area (Å²) < 4.78 is 19.5. The Morgan fingerprint density at radius 1 is 1.43 bits per heavy atom. The van der Waals surface area contributed by atoms with E-state index in [0.29, 0.717) is 25.6 Å². The lowest BCUT2D eigenvalue weighted by molar-refractivity contribution is 0.0726. The summed E-state index contributed by atoms with van der Waals surface area (Å²) in [5.41, 5.74) is 0.887. The first-order valence-corrected chi connectivity index (χ1v) is 7.36. The highest BCUT2D eigenvalue weighted by molar-refractivity contribution is 5.94. The summed E-state index contributed by atoms with van der Waals surface area (Å²) in [6.07, 6.45) is 0.964. The van der Waals surface area contributed by atoms with E-state index >= 15 is 0 Å². The van der Waals surface area contributed by atoms with Gasteiger partial charge in [0.1, 0.15) is 5.82 Å². The van der Waals surface area contributed by atoms with Crippen molar-refractivity contribution in [3.8, 4) is 0 Å². The molecule has 0 N–H and O–H groups in total. The third kappa shape index (κ3) is 3.73. The van der Waals surface area contributed by atoms with E-state index in [9.17, 15) is 9.18 Å². The Hall–Kier alpha value is -1.62. The molecule has 0 aliphatic carbocycles. The number of benzene rings is 1. The highest BCUT2D eigenvalue weighted by Gasteiger charge is 2.24. The first-order chi connectivity index (χ1) is 10.0. The van der Waals surface area contributed by atoms with E-state index in [1.54, 1.807) is 17.0 Å². The van der Waals surface area contributed by atoms with Crippen LogP contribution in [0.25, 0.3) is 0 Å². The van der Waals surface area contributed by atoms with E-state index in [4.69, 9.17) is 4.74 Å². The molecule has 1 aliphatic heterocycles. The van der Waals surface area contributed by atoms with Crippen LogP contribution in [0.1, 0.15) is 23.7 Å². The van der Waals surface area contributed by atoms with Crippen LogP contribution in [-0.2, 0) is 4.74 Å². The van der Waals surface area contributed by atoms with Gasteiger partial charge in [-0.1, -0.05) is 0 Å². The van der Waals surface area contributed by atoms with E-state index in [1.807, 2.05) is 25.9 Å². The largest absolute Gasteiger partial charge is 0.381 e. The van der Waals surface area contributed by atoms with Crippen LogP contribution in [0.15, 0.2) is 18.2 Å². The Bertz CT molecular complexity index is 499. The smallest absolute Gasteiger partial charge is 0.256 e. The van der Waals surface area contributed by atoms with Gasteiger partial charge >= 0.3 is 0 Å². The van der Waals surface area contributed by atoms with E-state index < -0.39 is 5.82 Å². The Labute approximate surface area is 125 Å². The van der Waals surface area contributed by atoms with Gasteiger partial charge in [0.25, 0.3) is 5.91 Å². The summed E-state index contributed by atoms with van der Waals surface area (Å²) in [7, 11) is 3.68. The molecule has 1 amide bonds. The second-order valence-corrected chi connectivity index (χ2v) is 5.63. The lowest BCUT2D eigenvalue weighted by atomic mass is 10.1. The fourth-order valence-corrected chi connectivity index (χ4v) is 2.52. The molecular formula is C16H23FN2O2. The zero-order valence-electron chi connectivity index (χ0n) is 12.9. The highest BCUT2D eigenvalue weighted by Crippen LogP contribution is 2.20. The van der Waals surface area contributed by atoms with Gasteiger partial charge in [-0.3, -0.25) is 4.79 Å². The highest BCUT2D eigenvalue weighted by atomic mass is 19.1. The Morgan fingerprint density at radius 3 is 2.71 bits per heavy atom. The monoisotopic (exact) mass is 294 g/mol. The van der Waals surface area contributed by atoms with E-state index in [1.165, 1.54) is 6.07 Å². The van der Waals surface area contributed by atoms with Crippen LogP contribution in [0.4, 0.5) is 10.1 Å². The molecule has 21 heavy (non-hydrogen) atoms. The van der Waals surface area contributed by atoms with Crippen LogP contribution >= 0.6 is 0 Å². The van der Waals surface area contributed by atoms with Gasteiger partial charge in [-0.05, 0) is 31.5 Å². The molecule has 0 spiro atoms. The lowest BCUT2D eigenvalue weighted by Gasteiger charge is -2.24. The van der Waals surface area contributed by atoms with Gasteiger partial charge < -0.3 is 14.5 Å². The molecule has 1 unspecified atom stereocenters. The third-order valence-corrected chi connectivity index (χ3v) is 3.87. The second-order valence-electron chi connectivity index (χ2n) is 5.63. The lowest BCUT2D eigenvalue weighted by Crippen LogP contribution is -2.36. The topological polar surface area (TPSA) is 32.8 Å². The molecule has 1 aromatic rings. The predicted molar refractivity (Wildman–Crippen MR) is 81.2 cm³/mol. The minimum Gasteiger partial charge on any atom is -0.381 e. The molecule has 0 bridgehead atoms. The van der Waals surface area contributed by atoms with E-state index in [-0.39, 0.29) is 11.5 Å². The number of anilines is 1. The molecule has 2 rings (SSSR count). The number of carbonyl (C=O) groups is 1. The summed E-state index contributed by atoms with van der Waals surface area (Å²) in [6.45, 7) is 4.56. The van der Waals surface area contributed by atoms with Gasteiger partial charge in [0, 0.05) is 45.4 Å². The molecule has 116 valence electrons. The van der Waals surface area contributed by atoms with Crippen LogP contribution in [0, 0.1) is 11.7 Å². The van der Waals surface area contributed by atoms with Crippen molar-refractivity contribution in [3.05, 3.63) is 29.6 Å². The first-order valence-electron chi connectivity index (χ1n) is 7.36. The van der Waals surface area contributed by atoms with Crippen molar-refractivity contribution in [1.29, 1.82) is 0 Å². The Morgan fingerprint density at radius 2 is 2.19 bits per heavy atom. The maximum Gasteiger partial charge on any atom is 0.256 e. The number of halogens is 1. The van der Waals surface area contributed by atoms with Crippen molar-refractivity contribution in [2.24, 2.45) is 5.92 Å². The molecular weight excluding hydrogens is 271 g/mol. The fraction of sp³-hybridized carbons (Fsp3) is 0.562. The molecule has 1 aromatic carbocycles. The normalized spacial score (nSPS) is 17.8. The quantitative estimate of drug-likeness (QED) is 0.836. The van der Waals surface area contributed by atoms with Crippen molar-refractivity contribution in [1.82, 2.24) is 4.90 Å². The zero-order valence-corrected chi connectivity index (χ0v) is 12.9. The molecule has 0 radical (unpaired) electrons. The number of ether oxygens (including phenoxy) is 1. The third-order valence-electron chi connectivity index (χ3n) is 3.87. The van der Waals surface area contributed by atoms with Crippen LogP contribution in [0.5, 0.6) is 0 Å². The summed E-state index contributed by atoms with van der Waals surface area (Å²) in [6, 6.07) is 4.74. The molecule has 1 fully saturated rings. The number of hydrogen-bond acceptors (Lipinski definition) is 3. The van der Waals surface area contributed by atoms with E-state index in [0.717, 1.165) is 18.7 Å². The van der Waals surface area contributed by atoms with Crippen molar-refractivity contribution in [3.63, 3.8) is 0 Å². The molecule has 0 saturated carbocycles. The average molecular weight is 294 g/mol. The standard InChI is InChI=1S/C16H23FN2O2/c1-4-19(10-12-7-8-21-11-12)16(20)14-6-5-13(18(2)3)9-15(14)17/h5-6,9,12H,4,7-8,10-11H2,1-3H3. The van der Waals surface area contributed by atoms with Crippen LogP contribution < -0.4 is 4.90 Å². The number of carbonyl (C=O) groups excluding carboxylic acids is 1. The van der Waals surface area contributed by atoms with Crippen LogP contribution in [0.2, 0.25) is 0 Å². The second kappa shape index (κ2) is 6.89. The molecule has 5 heteroatoms. The van der Waals surface area contributed by atoms with Gasteiger partial charge in [0.2, 0.25) is 0 Å². The number of rotatable bonds is 5.